The fourth-order valence-corrected chi connectivity index (χ4v) is 0.566. The van der Waals surface area contributed by atoms with Crippen LogP contribution in [0.4, 0.5) is 0 Å². The minimum absolute atomic E-state index is 0.113. The molecule has 51 valence electrons. The quantitative estimate of drug-likeness (QED) is 0.453. The highest BCUT2D eigenvalue weighted by atomic mass is 16.4. The zero-order chi connectivity index (χ0) is 7.56. The van der Waals surface area contributed by atoms with Crippen molar-refractivity contribution in [2.75, 3.05) is 0 Å². The predicted octanol–water partition coefficient (Wildman–Crippen LogP) is 1.11. The summed E-state index contributed by atoms with van der Waals surface area (Å²) in [6, 6.07) is 2.84. The largest absolute Gasteiger partial charge is 0.450 e. The van der Waals surface area contributed by atoms with Gasteiger partial charge in [-0.05, 0) is 12.1 Å². The number of carbonyl (C=O) groups is 2. The van der Waals surface area contributed by atoms with Gasteiger partial charge < -0.3 is 4.42 Å². The molecule has 0 fully saturated rings. The fraction of sp³-hybridized carbons (Fsp3) is 0. The Balaban J connectivity index is 2.98. The topological polar surface area (TPSA) is 47.3 Å². The lowest BCUT2D eigenvalue weighted by Crippen LogP contribution is -1.86. The van der Waals surface area contributed by atoms with Gasteiger partial charge in [-0.15, -0.1) is 0 Å². The summed E-state index contributed by atoms with van der Waals surface area (Å²) in [5.74, 6) is -0.165. The maximum atomic E-state index is 10.5. The first kappa shape index (κ1) is 6.74. The molecule has 0 atom stereocenters. The molecule has 0 saturated carbocycles. The zero-order valence-corrected chi connectivity index (χ0v) is 5.16. The van der Waals surface area contributed by atoms with Crippen LogP contribution in [-0.2, 0) is 0 Å². The van der Waals surface area contributed by atoms with Crippen LogP contribution < -0.4 is 0 Å². The number of aldehydes is 1. The first-order valence-corrected chi connectivity index (χ1v) is 2.65. The van der Waals surface area contributed by atoms with E-state index < -0.39 is 5.78 Å². The van der Waals surface area contributed by atoms with E-state index in [1.54, 1.807) is 0 Å². The maximum absolute atomic E-state index is 10.5. The fourth-order valence-electron chi connectivity index (χ4n) is 0.566. The molecule has 0 bridgehead atoms. The summed E-state index contributed by atoms with van der Waals surface area (Å²) >= 11 is 0. The van der Waals surface area contributed by atoms with Crippen molar-refractivity contribution in [3.05, 3.63) is 30.6 Å². The number of hydrogen-bond acceptors (Lipinski definition) is 3. The Morgan fingerprint density at radius 1 is 1.60 bits per heavy atom. The summed E-state index contributed by atoms with van der Waals surface area (Å²) in [7, 11) is 0. The number of carbonyl (C=O) groups excluding carboxylic acids is 2. The van der Waals surface area contributed by atoms with Crippen molar-refractivity contribution in [3.8, 4) is 0 Å². The number of furan rings is 1. The smallest absolute Gasteiger partial charge is 0.198 e. The minimum atomic E-state index is -0.423. The molecule has 3 nitrogen and oxygen atoms in total. The van der Waals surface area contributed by atoms with E-state index >= 15 is 0 Å². The van der Waals surface area contributed by atoms with Gasteiger partial charge in [0.2, 0.25) is 0 Å². The first-order valence-electron chi connectivity index (χ1n) is 2.65. The van der Waals surface area contributed by atoms with Gasteiger partial charge in [0.05, 0.1) is 0 Å². The summed E-state index contributed by atoms with van der Waals surface area (Å²) in [4.78, 5) is 20.5. The van der Waals surface area contributed by atoms with Gasteiger partial charge in [0.15, 0.2) is 23.6 Å². The summed E-state index contributed by atoms with van der Waals surface area (Å²) in [5, 5.41) is 0. The van der Waals surface area contributed by atoms with Crippen LogP contribution in [0, 0.1) is 6.92 Å². The lowest BCUT2D eigenvalue weighted by Gasteiger charge is -1.82. The maximum Gasteiger partial charge on any atom is 0.198 e. The van der Waals surface area contributed by atoms with Gasteiger partial charge in [-0.1, -0.05) is 0 Å². The SMILES string of the molecule is [CH2]C(=O)c1ccc(C=O)o1. The average Bonchev–Trinajstić information content (AvgIpc) is 2.34. The molecular formula is C7H5O3. The van der Waals surface area contributed by atoms with E-state index in [2.05, 4.69) is 6.92 Å². The van der Waals surface area contributed by atoms with Gasteiger partial charge in [0.1, 0.15) is 0 Å². The van der Waals surface area contributed by atoms with Gasteiger partial charge in [0, 0.05) is 6.92 Å². The highest BCUT2D eigenvalue weighted by Gasteiger charge is 2.03. The molecule has 1 rings (SSSR count). The van der Waals surface area contributed by atoms with E-state index in [1.165, 1.54) is 12.1 Å². The Morgan fingerprint density at radius 3 is 2.60 bits per heavy atom. The van der Waals surface area contributed by atoms with Gasteiger partial charge in [-0.25, -0.2) is 0 Å². The number of rotatable bonds is 2. The van der Waals surface area contributed by atoms with Crippen LogP contribution in [0.5, 0.6) is 0 Å². The normalized spacial score (nSPS) is 9.30. The van der Waals surface area contributed by atoms with Gasteiger partial charge in [-0.2, -0.15) is 0 Å². The van der Waals surface area contributed by atoms with Crippen molar-refractivity contribution >= 4 is 12.1 Å². The van der Waals surface area contributed by atoms with Crippen LogP contribution in [0.25, 0.3) is 0 Å². The lowest BCUT2D eigenvalue weighted by molar-refractivity contribution is 0.101. The second kappa shape index (κ2) is 2.47. The van der Waals surface area contributed by atoms with Crippen LogP contribution in [0.1, 0.15) is 21.1 Å². The first-order chi connectivity index (χ1) is 4.74. The Morgan fingerprint density at radius 2 is 2.30 bits per heavy atom. The second-order valence-corrected chi connectivity index (χ2v) is 1.74. The molecule has 0 aromatic carbocycles. The molecule has 0 N–H and O–H groups in total. The molecule has 1 radical (unpaired) electrons. The third-order valence-corrected chi connectivity index (χ3v) is 1.02. The third-order valence-electron chi connectivity index (χ3n) is 1.02. The Hall–Kier alpha value is -1.38. The van der Waals surface area contributed by atoms with Crippen molar-refractivity contribution in [3.63, 3.8) is 0 Å². The third kappa shape index (κ3) is 1.13. The van der Waals surface area contributed by atoms with Gasteiger partial charge in [0.25, 0.3) is 0 Å². The van der Waals surface area contributed by atoms with Gasteiger partial charge >= 0.3 is 0 Å². The molecule has 1 heterocycles. The van der Waals surface area contributed by atoms with E-state index in [0.717, 1.165) is 0 Å². The van der Waals surface area contributed by atoms with E-state index in [4.69, 9.17) is 4.42 Å². The molecule has 0 aliphatic heterocycles. The molecule has 10 heavy (non-hydrogen) atoms. The summed E-state index contributed by atoms with van der Waals surface area (Å²) in [5.41, 5.74) is 0. The molecule has 0 unspecified atom stereocenters. The van der Waals surface area contributed by atoms with E-state index in [0.29, 0.717) is 6.29 Å². The van der Waals surface area contributed by atoms with Crippen molar-refractivity contribution in [2.45, 2.75) is 0 Å². The number of Topliss-reactive ketones (excluding diaryl/α,β-unsaturated/α-hetero) is 1. The molecule has 3 heteroatoms. The summed E-state index contributed by atoms with van der Waals surface area (Å²) < 4.78 is 4.71. The van der Waals surface area contributed by atoms with Gasteiger partial charge in [-0.3, -0.25) is 9.59 Å². The monoisotopic (exact) mass is 137 g/mol. The van der Waals surface area contributed by atoms with Crippen molar-refractivity contribution in [1.29, 1.82) is 0 Å². The summed E-state index contributed by atoms with van der Waals surface area (Å²) in [6.07, 6.45) is 0.534. The zero-order valence-electron chi connectivity index (χ0n) is 5.16. The van der Waals surface area contributed by atoms with E-state index in [9.17, 15) is 9.59 Å². The Bertz CT molecular complexity index is 260. The van der Waals surface area contributed by atoms with Crippen LogP contribution in [0.2, 0.25) is 0 Å². The minimum Gasteiger partial charge on any atom is -0.450 e. The van der Waals surface area contributed by atoms with E-state index in [1.807, 2.05) is 0 Å². The van der Waals surface area contributed by atoms with Crippen LogP contribution in [0.15, 0.2) is 16.5 Å². The lowest BCUT2D eigenvalue weighted by atomic mass is 10.3. The Kier molecular flexibility index (Phi) is 1.67. The van der Waals surface area contributed by atoms with Crippen LogP contribution in [-0.4, -0.2) is 12.1 Å². The molecule has 0 spiro atoms. The predicted molar refractivity (Wildman–Crippen MR) is 33.8 cm³/mol. The number of hydrogen-bond donors (Lipinski definition) is 0. The van der Waals surface area contributed by atoms with Crippen molar-refractivity contribution in [2.24, 2.45) is 0 Å². The van der Waals surface area contributed by atoms with Crippen molar-refractivity contribution < 1.29 is 14.0 Å². The second-order valence-electron chi connectivity index (χ2n) is 1.74. The van der Waals surface area contributed by atoms with Crippen molar-refractivity contribution in [1.82, 2.24) is 0 Å². The van der Waals surface area contributed by atoms with Crippen LogP contribution in [0.3, 0.4) is 0 Å². The molecule has 1 aromatic heterocycles. The Labute approximate surface area is 57.6 Å². The average molecular weight is 137 g/mol. The molecule has 1 aromatic rings. The molecule has 0 aliphatic carbocycles. The number of ketones is 1. The highest BCUT2D eigenvalue weighted by Crippen LogP contribution is 2.05. The standard InChI is InChI=1S/C7H5O3/c1-5(9)7-3-2-6(4-8)10-7/h2-4H,1H2. The van der Waals surface area contributed by atoms with E-state index in [-0.39, 0.29) is 11.5 Å². The molecular weight excluding hydrogens is 132 g/mol. The highest BCUT2D eigenvalue weighted by molar-refractivity contribution is 5.97. The molecule has 0 saturated heterocycles. The summed E-state index contributed by atoms with van der Waals surface area (Å²) in [6.45, 7) is 3.11. The molecule has 0 amide bonds. The van der Waals surface area contributed by atoms with Crippen LogP contribution >= 0.6 is 0 Å². The molecule has 0 aliphatic rings.